The minimum atomic E-state index is -1.03. The van der Waals surface area contributed by atoms with Crippen LogP contribution in [0.4, 0.5) is 0 Å². The van der Waals surface area contributed by atoms with E-state index in [-0.39, 0.29) is 11.5 Å². The van der Waals surface area contributed by atoms with Crippen molar-refractivity contribution in [1.82, 2.24) is 14.7 Å². The van der Waals surface area contributed by atoms with E-state index in [0.29, 0.717) is 24.5 Å². The molecule has 0 aromatic carbocycles. The summed E-state index contributed by atoms with van der Waals surface area (Å²) < 4.78 is 6.69. The standard InChI is InChI=1S/C18H21N3O4S/c1-10-15(11(2)20(4)19-10)16(22)18(24)25-12(3)17(23)21-7-5-14-13(9-21)6-8-26-14/h6,8,12H,5,7,9H2,1-4H3. The Kier molecular flexibility index (Phi) is 4.95. The lowest BCUT2D eigenvalue weighted by molar-refractivity contribution is -0.155. The van der Waals surface area contributed by atoms with Crippen LogP contribution in [0, 0.1) is 13.8 Å². The molecule has 0 bridgehead atoms. The Bertz CT molecular complexity index is 883. The molecule has 0 N–H and O–H groups in total. The average molecular weight is 375 g/mol. The van der Waals surface area contributed by atoms with Gasteiger partial charge < -0.3 is 9.64 Å². The third kappa shape index (κ3) is 3.29. The Hall–Kier alpha value is -2.48. The normalized spacial score (nSPS) is 14.7. The van der Waals surface area contributed by atoms with Crippen LogP contribution in [-0.4, -0.2) is 45.0 Å². The molecule has 1 aliphatic rings. The van der Waals surface area contributed by atoms with Crippen molar-refractivity contribution in [2.75, 3.05) is 6.54 Å². The number of amides is 1. The number of Topliss-reactive ketones (excluding diaryl/α,β-unsaturated/α-hetero) is 1. The van der Waals surface area contributed by atoms with Crippen LogP contribution in [0.25, 0.3) is 0 Å². The van der Waals surface area contributed by atoms with E-state index in [4.69, 9.17) is 4.74 Å². The topological polar surface area (TPSA) is 81.5 Å². The van der Waals surface area contributed by atoms with Gasteiger partial charge in [0.2, 0.25) is 0 Å². The second-order valence-corrected chi connectivity index (χ2v) is 7.43. The number of ether oxygens (including phenoxy) is 1. The van der Waals surface area contributed by atoms with Gasteiger partial charge in [-0.3, -0.25) is 14.3 Å². The number of nitrogens with zero attached hydrogens (tertiary/aromatic N) is 3. The summed E-state index contributed by atoms with van der Waals surface area (Å²) >= 11 is 1.69. The van der Waals surface area contributed by atoms with E-state index in [1.165, 1.54) is 16.5 Å². The summed E-state index contributed by atoms with van der Waals surface area (Å²) in [5, 5.41) is 6.15. The summed E-state index contributed by atoms with van der Waals surface area (Å²) in [4.78, 5) is 40.2. The van der Waals surface area contributed by atoms with Crippen molar-refractivity contribution in [2.45, 2.75) is 39.8 Å². The highest BCUT2D eigenvalue weighted by molar-refractivity contribution is 7.10. The lowest BCUT2D eigenvalue weighted by Gasteiger charge is -2.29. The highest BCUT2D eigenvalue weighted by Gasteiger charge is 2.31. The maximum atomic E-state index is 12.6. The number of esters is 1. The van der Waals surface area contributed by atoms with Crippen LogP contribution in [-0.2, 0) is 34.3 Å². The predicted octanol–water partition coefficient (Wildman–Crippen LogP) is 1.80. The maximum Gasteiger partial charge on any atom is 0.380 e. The maximum absolute atomic E-state index is 12.6. The van der Waals surface area contributed by atoms with Crippen molar-refractivity contribution < 1.29 is 19.1 Å². The van der Waals surface area contributed by atoms with E-state index >= 15 is 0 Å². The molecule has 3 heterocycles. The van der Waals surface area contributed by atoms with Gasteiger partial charge in [-0.25, -0.2) is 4.79 Å². The van der Waals surface area contributed by atoms with Crippen molar-refractivity contribution in [3.8, 4) is 0 Å². The monoisotopic (exact) mass is 375 g/mol. The second kappa shape index (κ2) is 7.03. The number of carbonyl (C=O) groups excluding carboxylic acids is 3. The summed E-state index contributed by atoms with van der Waals surface area (Å²) in [5.74, 6) is -2.09. The molecule has 138 valence electrons. The molecule has 26 heavy (non-hydrogen) atoms. The van der Waals surface area contributed by atoms with E-state index in [1.807, 2.05) is 11.4 Å². The van der Waals surface area contributed by atoms with Gasteiger partial charge in [-0.2, -0.15) is 5.10 Å². The number of aromatic nitrogens is 2. The molecule has 0 radical (unpaired) electrons. The summed E-state index contributed by atoms with van der Waals surface area (Å²) in [7, 11) is 1.70. The molecule has 7 nitrogen and oxygen atoms in total. The zero-order valence-electron chi connectivity index (χ0n) is 15.2. The quantitative estimate of drug-likeness (QED) is 0.462. The molecule has 3 rings (SSSR count). The smallest absolute Gasteiger partial charge is 0.380 e. The van der Waals surface area contributed by atoms with Crippen LogP contribution in [0.1, 0.15) is 39.1 Å². The molecule has 8 heteroatoms. The molecule has 0 saturated heterocycles. The van der Waals surface area contributed by atoms with E-state index in [9.17, 15) is 14.4 Å². The van der Waals surface area contributed by atoms with E-state index in [1.54, 1.807) is 37.1 Å². The third-order valence-electron chi connectivity index (χ3n) is 4.67. The first kappa shape index (κ1) is 18.3. The first-order chi connectivity index (χ1) is 12.3. The fraction of sp³-hybridized carbons (Fsp3) is 0.444. The summed E-state index contributed by atoms with van der Waals surface area (Å²) in [6.07, 6.45) is -0.212. The third-order valence-corrected chi connectivity index (χ3v) is 5.70. The summed E-state index contributed by atoms with van der Waals surface area (Å²) in [6.45, 7) is 5.96. The van der Waals surface area contributed by atoms with Crippen LogP contribution in [0.5, 0.6) is 0 Å². The minimum absolute atomic E-state index is 0.234. The van der Waals surface area contributed by atoms with Gasteiger partial charge in [0.25, 0.3) is 11.7 Å². The predicted molar refractivity (Wildman–Crippen MR) is 96.0 cm³/mol. The Morgan fingerprint density at radius 2 is 2.04 bits per heavy atom. The molecule has 2 aromatic heterocycles. The Labute approximate surface area is 155 Å². The number of fused-ring (bicyclic) bond motifs is 1. The van der Waals surface area contributed by atoms with Crippen LogP contribution >= 0.6 is 11.3 Å². The Balaban J connectivity index is 1.65. The van der Waals surface area contributed by atoms with Crippen LogP contribution in [0.15, 0.2) is 11.4 Å². The van der Waals surface area contributed by atoms with Gasteiger partial charge >= 0.3 is 5.97 Å². The molecule has 2 aromatic rings. The summed E-state index contributed by atoms with van der Waals surface area (Å²) in [5.41, 5.74) is 2.42. The number of rotatable bonds is 4. The van der Waals surface area contributed by atoms with Crippen molar-refractivity contribution in [3.63, 3.8) is 0 Å². The highest BCUT2D eigenvalue weighted by atomic mass is 32.1. The molecular weight excluding hydrogens is 354 g/mol. The molecule has 0 saturated carbocycles. The first-order valence-electron chi connectivity index (χ1n) is 8.39. The summed E-state index contributed by atoms with van der Waals surface area (Å²) in [6, 6.07) is 2.01. The lowest BCUT2D eigenvalue weighted by Crippen LogP contribution is -2.43. The number of carbonyl (C=O) groups is 3. The molecule has 1 atom stereocenters. The first-order valence-corrected chi connectivity index (χ1v) is 9.27. The molecular formula is C18H21N3O4S. The van der Waals surface area contributed by atoms with Crippen molar-refractivity contribution >= 4 is 29.0 Å². The minimum Gasteiger partial charge on any atom is -0.447 e. The van der Waals surface area contributed by atoms with Gasteiger partial charge in [-0.15, -0.1) is 11.3 Å². The van der Waals surface area contributed by atoms with Gasteiger partial charge in [-0.05, 0) is 44.2 Å². The largest absolute Gasteiger partial charge is 0.447 e. The van der Waals surface area contributed by atoms with Gasteiger partial charge in [0.1, 0.15) is 0 Å². The number of hydrogen-bond donors (Lipinski definition) is 0. The van der Waals surface area contributed by atoms with Crippen LogP contribution < -0.4 is 0 Å². The van der Waals surface area contributed by atoms with Crippen molar-refractivity contribution in [1.29, 1.82) is 0 Å². The molecule has 0 aliphatic carbocycles. The average Bonchev–Trinajstić information content (AvgIpc) is 3.17. The van der Waals surface area contributed by atoms with Gasteiger partial charge in [0.15, 0.2) is 6.10 Å². The lowest BCUT2D eigenvalue weighted by atomic mass is 10.1. The van der Waals surface area contributed by atoms with Gasteiger partial charge in [0, 0.05) is 30.7 Å². The molecule has 1 aliphatic heterocycles. The van der Waals surface area contributed by atoms with E-state index in [0.717, 1.165) is 12.0 Å². The molecule has 0 fully saturated rings. The number of aryl methyl sites for hydroxylation is 2. The molecule has 1 amide bonds. The fourth-order valence-electron chi connectivity index (χ4n) is 3.16. The van der Waals surface area contributed by atoms with Gasteiger partial charge in [-0.1, -0.05) is 0 Å². The molecule has 0 spiro atoms. The zero-order chi connectivity index (χ0) is 19.0. The van der Waals surface area contributed by atoms with Crippen LogP contribution in [0.2, 0.25) is 0 Å². The zero-order valence-corrected chi connectivity index (χ0v) is 16.1. The highest BCUT2D eigenvalue weighted by Crippen LogP contribution is 2.24. The number of ketones is 1. The SMILES string of the molecule is Cc1nn(C)c(C)c1C(=O)C(=O)OC(C)C(=O)N1CCc2sccc2C1. The fourth-order valence-corrected chi connectivity index (χ4v) is 4.05. The van der Waals surface area contributed by atoms with Crippen molar-refractivity contribution in [3.05, 3.63) is 38.8 Å². The second-order valence-electron chi connectivity index (χ2n) is 6.42. The Morgan fingerprint density at radius 1 is 1.31 bits per heavy atom. The Morgan fingerprint density at radius 3 is 2.69 bits per heavy atom. The number of hydrogen-bond acceptors (Lipinski definition) is 6. The van der Waals surface area contributed by atoms with Crippen LogP contribution in [0.3, 0.4) is 0 Å². The van der Waals surface area contributed by atoms with Crippen molar-refractivity contribution in [2.24, 2.45) is 7.05 Å². The van der Waals surface area contributed by atoms with E-state index < -0.39 is 17.9 Å². The molecule has 1 unspecified atom stereocenters. The number of thiophene rings is 1. The van der Waals surface area contributed by atoms with Gasteiger partial charge in [0.05, 0.1) is 11.3 Å². The van der Waals surface area contributed by atoms with E-state index in [2.05, 4.69) is 5.10 Å².